The summed E-state index contributed by atoms with van der Waals surface area (Å²) in [7, 11) is 1.31. The number of carbonyl (C=O) groups is 1. The minimum absolute atomic E-state index is 0.234. The largest absolute Gasteiger partial charge is 0.489 e. The molecule has 3 N–H and O–H groups in total. The van der Waals surface area contributed by atoms with E-state index >= 15 is 0 Å². The van der Waals surface area contributed by atoms with Gasteiger partial charge in [0.15, 0.2) is 12.4 Å². The van der Waals surface area contributed by atoms with Crippen molar-refractivity contribution in [2.45, 2.75) is 37.3 Å². The summed E-state index contributed by atoms with van der Waals surface area (Å²) >= 11 is 0. The first-order valence-electron chi connectivity index (χ1n) is 9.16. The lowest BCUT2D eigenvalue weighted by molar-refractivity contribution is -0.293. The van der Waals surface area contributed by atoms with Gasteiger partial charge in [-0.15, -0.1) is 0 Å². The molecule has 0 saturated carbocycles. The minimum atomic E-state index is -1.47. The number of carbonyl (C=O) groups excluding carboxylic acids is 1. The molecule has 1 saturated heterocycles. The minimum Gasteiger partial charge on any atom is -0.489 e. The second-order valence-electron chi connectivity index (χ2n) is 6.61. The van der Waals surface area contributed by atoms with Crippen LogP contribution in [0.5, 0.6) is 5.75 Å². The Morgan fingerprint density at radius 2 is 1.72 bits per heavy atom. The number of hydrogen-bond donors (Lipinski definition) is 3. The van der Waals surface area contributed by atoms with E-state index in [9.17, 15) is 20.1 Å². The van der Waals surface area contributed by atoms with Crippen molar-refractivity contribution in [1.29, 1.82) is 0 Å². The van der Waals surface area contributed by atoms with Gasteiger partial charge in [-0.1, -0.05) is 30.3 Å². The fourth-order valence-corrected chi connectivity index (χ4v) is 2.99. The predicted octanol–water partition coefficient (Wildman–Crippen LogP) is 0.876. The van der Waals surface area contributed by atoms with Crippen LogP contribution in [0.15, 0.2) is 54.6 Å². The number of benzene rings is 2. The molecule has 8 heteroatoms. The highest BCUT2D eigenvalue weighted by molar-refractivity contribution is 5.89. The smallest absolute Gasteiger partial charge is 0.338 e. The summed E-state index contributed by atoms with van der Waals surface area (Å²) in [5.74, 6) is -0.133. The van der Waals surface area contributed by atoms with E-state index in [-0.39, 0.29) is 5.56 Å². The molecular weight excluding hydrogens is 380 g/mol. The molecular formula is C21H24O8. The van der Waals surface area contributed by atoms with Crippen molar-refractivity contribution in [2.24, 2.45) is 0 Å². The van der Waals surface area contributed by atoms with Gasteiger partial charge in [0.1, 0.15) is 30.7 Å². The van der Waals surface area contributed by atoms with Crippen LogP contribution < -0.4 is 4.74 Å². The molecule has 5 atom stereocenters. The average molecular weight is 404 g/mol. The van der Waals surface area contributed by atoms with Crippen molar-refractivity contribution in [3.8, 4) is 5.75 Å². The fraction of sp³-hybridized carbons (Fsp3) is 0.381. The normalized spacial score (nSPS) is 26.7. The summed E-state index contributed by atoms with van der Waals surface area (Å²) in [6, 6.07) is 16.0. The van der Waals surface area contributed by atoms with Gasteiger partial charge >= 0.3 is 5.97 Å². The van der Waals surface area contributed by atoms with Crippen molar-refractivity contribution in [3.05, 3.63) is 65.7 Å². The quantitative estimate of drug-likeness (QED) is 0.583. The molecule has 0 bridgehead atoms. The van der Waals surface area contributed by atoms with Gasteiger partial charge in [0.2, 0.25) is 0 Å². The van der Waals surface area contributed by atoms with Crippen LogP contribution in [0.2, 0.25) is 0 Å². The highest BCUT2D eigenvalue weighted by Gasteiger charge is 2.46. The summed E-state index contributed by atoms with van der Waals surface area (Å²) in [4.78, 5) is 12.5. The Morgan fingerprint density at radius 1 is 1.03 bits per heavy atom. The van der Waals surface area contributed by atoms with Crippen LogP contribution in [-0.4, -0.2) is 65.7 Å². The van der Waals surface area contributed by atoms with Gasteiger partial charge in [0, 0.05) is 7.11 Å². The molecule has 0 aromatic heterocycles. The van der Waals surface area contributed by atoms with Crippen LogP contribution in [0, 0.1) is 0 Å². The number of hydrogen-bond acceptors (Lipinski definition) is 8. The third kappa shape index (κ3) is 5.11. The number of esters is 1. The summed E-state index contributed by atoms with van der Waals surface area (Å²) in [6.07, 6.45) is -6.30. The number of methoxy groups -OCH3 is 1. The average Bonchev–Trinajstić information content (AvgIpc) is 2.76. The van der Waals surface area contributed by atoms with Gasteiger partial charge in [-0.2, -0.15) is 0 Å². The third-order valence-electron chi connectivity index (χ3n) is 4.64. The lowest BCUT2D eigenvalue weighted by Crippen LogP contribution is -2.60. The van der Waals surface area contributed by atoms with E-state index in [0.29, 0.717) is 12.4 Å². The fourth-order valence-electron chi connectivity index (χ4n) is 2.99. The first-order chi connectivity index (χ1) is 14.0. The van der Waals surface area contributed by atoms with E-state index in [4.69, 9.17) is 18.9 Å². The highest BCUT2D eigenvalue weighted by Crippen LogP contribution is 2.25. The third-order valence-corrected chi connectivity index (χ3v) is 4.64. The van der Waals surface area contributed by atoms with Crippen LogP contribution >= 0.6 is 0 Å². The predicted molar refractivity (Wildman–Crippen MR) is 101 cm³/mol. The molecule has 2 aromatic rings. The van der Waals surface area contributed by atoms with E-state index in [2.05, 4.69) is 0 Å². The Morgan fingerprint density at radius 3 is 2.34 bits per heavy atom. The van der Waals surface area contributed by atoms with E-state index < -0.39 is 43.3 Å². The first kappa shape index (κ1) is 21.2. The molecule has 8 nitrogen and oxygen atoms in total. The molecule has 1 aliphatic rings. The zero-order chi connectivity index (χ0) is 20.8. The summed E-state index contributed by atoms with van der Waals surface area (Å²) < 4.78 is 21.4. The Hall–Kier alpha value is -2.49. The van der Waals surface area contributed by atoms with Gasteiger partial charge in [0.05, 0.1) is 12.2 Å². The van der Waals surface area contributed by atoms with E-state index in [0.717, 1.165) is 5.56 Å². The van der Waals surface area contributed by atoms with Crippen molar-refractivity contribution in [1.82, 2.24) is 0 Å². The molecule has 0 spiro atoms. The maximum atomic E-state index is 12.5. The Labute approximate surface area is 168 Å². The lowest BCUT2D eigenvalue weighted by Gasteiger charge is -2.40. The summed E-state index contributed by atoms with van der Waals surface area (Å²) in [6.45, 7) is -0.112. The lowest BCUT2D eigenvalue weighted by atomic mass is 9.99. The van der Waals surface area contributed by atoms with Crippen LogP contribution in [-0.2, 0) is 20.8 Å². The maximum absolute atomic E-state index is 12.5. The number of rotatable bonds is 7. The van der Waals surface area contributed by atoms with Crippen molar-refractivity contribution in [2.75, 3.05) is 13.7 Å². The molecule has 1 heterocycles. The second-order valence-corrected chi connectivity index (χ2v) is 6.61. The zero-order valence-corrected chi connectivity index (χ0v) is 15.9. The van der Waals surface area contributed by atoms with Crippen LogP contribution in [0.4, 0.5) is 0 Å². The van der Waals surface area contributed by atoms with E-state index in [1.54, 1.807) is 12.1 Å². The van der Waals surface area contributed by atoms with Gasteiger partial charge in [-0.25, -0.2) is 4.79 Å². The zero-order valence-electron chi connectivity index (χ0n) is 15.9. The van der Waals surface area contributed by atoms with Crippen LogP contribution in [0.25, 0.3) is 0 Å². The number of aliphatic hydroxyl groups is 3. The monoisotopic (exact) mass is 404 g/mol. The van der Waals surface area contributed by atoms with Gasteiger partial charge in [-0.05, 0) is 29.8 Å². The van der Waals surface area contributed by atoms with Crippen molar-refractivity contribution >= 4 is 5.97 Å². The molecule has 156 valence electrons. The Kier molecular flexibility index (Phi) is 7.18. The number of aliphatic hydroxyl groups excluding tert-OH is 3. The van der Waals surface area contributed by atoms with Crippen molar-refractivity contribution in [3.63, 3.8) is 0 Å². The van der Waals surface area contributed by atoms with E-state index in [1.807, 2.05) is 30.3 Å². The SMILES string of the molecule is CO[C@H]1O[C@H](CO)[C@H](O)[C@H](O)[C@H]1OC(=O)c1ccc(OCc2ccccc2)cc1. The molecule has 0 aliphatic carbocycles. The highest BCUT2D eigenvalue weighted by atomic mass is 16.7. The summed E-state index contributed by atoms with van der Waals surface area (Å²) in [5.41, 5.74) is 1.26. The van der Waals surface area contributed by atoms with Crippen LogP contribution in [0.3, 0.4) is 0 Å². The van der Waals surface area contributed by atoms with Gasteiger partial charge in [-0.3, -0.25) is 0 Å². The molecule has 3 rings (SSSR count). The van der Waals surface area contributed by atoms with Crippen LogP contribution in [0.1, 0.15) is 15.9 Å². The molecule has 1 aliphatic heterocycles. The van der Waals surface area contributed by atoms with E-state index in [1.165, 1.54) is 19.2 Å². The molecule has 2 aromatic carbocycles. The van der Waals surface area contributed by atoms with Crippen molar-refractivity contribution < 1.29 is 39.1 Å². The summed E-state index contributed by atoms with van der Waals surface area (Å²) in [5, 5.41) is 29.4. The molecule has 0 amide bonds. The topological polar surface area (TPSA) is 115 Å². The second kappa shape index (κ2) is 9.82. The van der Waals surface area contributed by atoms with Gasteiger partial charge in [0.25, 0.3) is 0 Å². The first-order valence-corrected chi connectivity index (χ1v) is 9.16. The molecule has 0 unspecified atom stereocenters. The Bertz CT molecular complexity index is 777. The van der Waals surface area contributed by atoms with Gasteiger partial charge < -0.3 is 34.3 Å². The molecule has 0 radical (unpaired) electrons. The maximum Gasteiger partial charge on any atom is 0.338 e. The molecule has 1 fully saturated rings. The number of ether oxygens (including phenoxy) is 4. The standard InChI is InChI=1S/C21H24O8/c1-26-21-19(18(24)17(23)16(11-22)28-21)29-20(25)14-7-9-15(10-8-14)27-12-13-5-3-2-4-6-13/h2-10,16-19,21-24H,11-12H2,1H3/t16-,17+,18+,19-,21+/m1/s1. The Balaban J connectivity index is 1.61. The molecule has 29 heavy (non-hydrogen) atoms.